The normalized spacial score (nSPS) is 11.2. The summed E-state index contributed by atoms with van der Waals surface area (Å²) in [6.45, 7) is 1.94. The lowest BCUT2D eigenvalue weighted by atomic mass is 10.1. The van der Waals surface area contributed by atoms with Crippen LogP contribution in [-0.2, 0) is 16.6 Å². The van der Waals surface area contributed by atoms with Crippen LogP contribution in [0.2, 0.25) is 0 Å². The highest BCUT2D eigenvalue weighted by Gasteiger charge is 2.18. The van der Waals surface area contributed by atoms with Gasteiger partial charge in [-0.3, -0.25) is 14.1 Å². The lowest BCUT2D eigenvalue weighted by Gasteiger charge is -2.12. The average Bonchev–Trinajstić information content (AvgIpc) is 3.34. The van der Waals surface area contributed by atoms with Gasteiger partial charge >= 0.3 is 0 Å². The van der Waals surface area contributed by atoms with E-state index >= 15 is 0 Å². The highest BCUT2D eigenvalue weighted by molar-refractivity contribution is 7.92. The van der Waals surface area contributed by atoms with E-state index in [9.17, 15) is 17.6 Å². The number of benzene rings is 2. The second kappa shape index (κ2) is 9.21. The zero-order valence-corrected chi connectivity index (χ0v) is 18.4. The second-order valence-corrected chi connectivity index (χ2v) is 8.95. The molecule has 0 radical (unpaired) electrons. The van der Waals surface area contributed by atoms with E-state index in [1.165, 1.54) is 24.3 Å². The number of sulfonamides is 1. The van der Waals surface area contributed by atoms with Crippen LogP contribution < -0.4 is 10.0 Å². The van der Waals surface area contributed by atoms with Gasteiger partial charge in [0, 0.05) is 36.4 Å². The topological polar surface area (TPSA) is 106 Å². The van der Waals surface area contributed by atoms with Gasteiger partial charge in [0.1, 0.15) is 18.0 Å². The van der Waals surface area contributed by atoms with Crippen LogP contribution in [0.1, 0.15) is 21.5 Å². The van der Waals surface area contributed by atoms with Crippen molar-refractivity contribution in [1.29, 1.82) is 0 Å². The maximum Gasteiger partial charge on any atom is 0.261 e. The summed E-state index contributed by atoms with van der Waals surface area (Å²) in [5.41, 5.74) is 1.86. The third-order valence-electron chi connectivity index (χ3n) is 4.89. The third-order valence-corrected chi connectivity index (χ3v) is 6.27. The zero-order valence-electron chi connectivity index (χ0n) is 17.6. The predicted octanol–water partition coefficient (Wildman–Crippen LogP) is 3.45. The predicted molar refractivity (Wildman–Crippen MR) is 121 cm³/mol. The standard InChI is InChI=1S/C23H20FN5O3S/c1-16-2-8-20(33(31,32)28-19-6-4-18(24)5-7-19)12-21(16)23(30)27-14-17-3-9-22(26-13-17)29-11-10-25-15-29/h2-13,15,28H,14H2,1H3,(H,27,30). The fourth-order valence-corrected chi connectivity index (χ4v) is 4.18. The van der Waals surface area contributed by atoms with Gasteiger partial charge in [0.05, 0.1) is 4.90 Å². The third kappa shape index (κ3) is 5.24. The molecule has 1 amide bonds. The molecule has 0 spiro atoms. The number of anilines is 1. The number of aryl methyl sites for hydroxylation is 1. The summed E-state index contributed by atoms with van der Waals surface area (Å²) in [6.07, 6.45) is 6.72. The van der Waals surface area contributed by atoms with E-state index in [1.54, 1.807) is 42.5 Å². The summed E-state index contributed by atoms with van der Waals surface area (Å²) in [6, 6.07) is 12.9. The number of halogens is 1. The van der Waals surface area contributed by atoms with E-state index < -0.39 is 21.7 Å². The van der Waals surface area contributed by atoms with Crippen LogP contribution in [-0.4, -0.2) is 28.9 Å². The Balaban J connectivity index is 1.46. The molecular formula is C23H20FN5O3S. The number of hydrogen-bond donors (Lipinski definition) is 2. The average molecular weight is 466 g/mol. The van der Waals surface area contributed by atoms with E-state index in [0.29, 0.717) is 11.4 Å². The van der Waals surface area contributed by atoms with Crippen LogP contribution in [0.4, 0.5) is 10.1 Å². The highest BCUT2D eigenvalue weighted by Crippen LogP contribution is 2.20. The van der Waals surface area contributed by atoms with E-state index in [-0.39, 0.29) is 22.7 Å². The van der Waals surface area contributed by atoms with Gasteiger partial charge < -0.3 is 5.32 Å². The van der Waals surface area contributed by atoms with Crippen LogP contribution in [0.25, 0.3) is 5.82 Å². The summed E-state index contributed by atoms with van der Waals surface area (Å²) in [5, 5.41) is 2.79. The molecule has 4 rings (SSSR count). The van der Waals surface area contributed by atoms with Crippen molar-refractivity contribution in [3.63, 3.8) is 0 Å². The quantitative estimate of drug-likeness (QED) is 0.435. The summed E-state index contributed by atoms with van der Waals surface area (Å²) < 4.78 is 42.7. The summed E-state index contributed by atoms with van der Waals surface area (Å²) in [7, 11) is -3.96. The Kier molecular flexibility index (Phi) is 6.18. The lowest BCUT2D eigenvalue weighted by molar-refractivity contribution is 0.0950. The molecule has 10 heteroatoms. The van der Waals surface area contributed by atoms with Crippen molar-refractivity contribution >= 4 is 21.6 Å². The molecule has 0 atom stereocenters. The number of nitrogens with one attached hydrogen (secondary N) is 2. The number of imidazole rings is 1. The molecule has 0 unspecified atom stereocenters. The maximum absolute atomic E-state index is 13.1. The van der Waals surface area contributed by atoms with E-state index in [2.05, 4.69) is 20.0 Å². The Morgan fingerprint density at radius 1 is 1.09 bits per heavy atom. The van der Waals surface area contributed by atoms with Crippen molar-refractivity contribution in [2.45, 2.75) is 18.4 Å². The number of nitrogens with zero attached hydrogens (tertiary/aromatic N) is 3. The summed E-state index contributed by atoms with van der Waals surface area (Å²) in [4.78, 5) is 21.0. The Labute approximate surface area is 190 Å². The first-order valence-corrected chi connectivity index (χ1v) is 11.4. The van der Waals surface area contributed by atoms with Crippen LogP contribution in [0, 0.1) is 12.7 Å². The molecule has 0 saturated carbocycles. The first-order valence-electron chi connectivity index (χ1n) is 9.92. The van der Waals surface area contributed by atoms with E-state index in [0.717, 1.165) is 17.7 Å². The molecule has 0 fully saturated rings. The van der Waals surface area contributed by atoms with Crippen molar-refractivity contribution < 1.29 is 17.6 Å². The SMILES string of the molecule is Cc1ccc(S(=O)(=O)Nc2ccc(F)cc2)cc1C(=O)NCc1ccc(-n2ccnc2)nc1. The number of carbonyl (C=O) groups excluding carboxylic acids is 1. The minimum absolute atomic E-state index is 0.0751. The lowest BCUT2D eigenvalue weighted by Crippen LogP contribution is -2.24. The van der Waals surface area contributed by atoms with Gasteiger partial charge in [0.2, 0.25) is 0 Å². The van der Waals surface area contributed by atoms with Crippen molar-refractivity contribution in [2.75, 3.05) is 4.72 Å². The van der Waals surface area contributed by atoms with Crippen LogP contribution in [0.5, 0.6) is 0 Å². The maximum atomic E-state index is 13.1. The number of rotatable bonds is 7. The molecule has 2 N–H and O–H groups in total. The summed E-state index contributed by atoms with van der Waals surface area (Å²) >= 11 is 0. The molecule has 8 nitrogen and oxygen atoms in total. The monoisotopic (exact) mass is 465 g/mol. The molecule has 168 valence electrons. The van der Waals surface area contributed by atoms with Gasteiger partial charge in [-0.15, -0.1) is 0 Å². The molecule has 2 aromatic carbocycles. The van der Waals surface area contributed by atoms with Crippen LogP contribution >= 0.6 is 0 Å². The molecule has 0 aliphatic carbocycles. The number of carbonyl (C=O) groups is 1. The van der Waals surface area contributed by atoms with Crippen molar-refractivity contribution in [1.82, 2.24) is 19.9 Å². The first kappa shape index (κ1) is 22.2. The first-order chi connectivity index (χ1) is 15.8. The molecule has 0 bridgehead atoms. The highest BCUT2D eigenvalue weighted by atomic mass is 32.2. The molecule has 0 saturated heterocycles. The number of pyridine rings is 1. The largest absolute Gasteiger partial charge is 0.348 e. The molecule has 0 aliphatic rings. The fraction of sp³-hybridized carbons (Fsp3) is 0.0870. The Morgan fingerprint density at radius 2 is 1.88 bits per heavy atom. The van der Waals surface area contributed by atoms with Gasteiger partial charge in [-0.2, -0.15) is 0 Å². The molecule has 2 aromatic heterocycles. The van der Waals surface area contributed by atoms with Gasteiger partial charge in [0.15, 0.2) is 0 Å². The van der Waals surface area contributed by atoms with E-state index in [1.807, 2.05) is 12.1 Å². The smallest absolute Gasteiger partial charge is 0.261 e. The number of amides is 1. The Morgan fingerprint density at radius 3 is 2.55 bits per heavy atom. The van der Waals surface area contributed by atoms with Crippen LogP contribution in [0.3, 0.4) is 0 Å². The minimum atomic E-state index is -3.96. The fourth-order valence-electron chi connectivity index (χ4n) is 3.09. The Hall–Kier alpha value is -4.05. The molecule has 0 aliphatic heterocycles. The Bertz CT molecular complexity index is 1370. The van der Waals surface area contributed by atoms with Gasteiger partial charge in [-0.25, -0.2) is 22.8 Å². The minimum Gasteiger partial charge on any atom is -0.348 e. The molecule has 33 heavy (non-hydrogen) atoms. The molecule has 4 aromatic rings. The van der Waals surface area contributed by atoms with Gasteiger partial charge in [-0.1, -0.05) is 12.1 Å². The zero-order chi connectivity index (χ0) is 23.4. The van der Waals surface area contributed by atoms with E-state index in [4.69, 9.17) is 0 Å². The van der Waals surface area contributed by atoms with Crippen molar-refractivity contribution in [3.05, 3.63) is 102 Å². The van der Waals surface area contributed by atoms with Gasteiger partial charge in [0.25, 0.3) is 15.9 Å². The summed E-state index contributed by atoms with van der Waals surface area (Å²) in [5.74, 6) is -0.186. The second-order valence-electron chi connectivity index (χ2n) is 7.27. The van der Waals surface area contributed by atoms with Gasteiger partial charge in [-0.05, 0) is 60.5 Å². The number of aromatic nitrogens is 3. The van der Waals surface area contributed by atoms with Crippen molar-refractivity contribution in [3.8, 4) is 5.82 Å². The number of hydrogen-bond acceptors (Lipinski definition) is 5. The van der Waals surface area contributed by atoms with Crippen molar-refractivity contribution in [2.24, 2.45) is 0 Å². The van der Waals surface area contributed by atoms with Crippen LogP contribution in [0.15, 0.2) is 84.4 Å². The molecule has 2 heterocycles. The molecular weight excluding hydrogens is 445 g/mol.